The largest absolute Gasteiger partial charge is 0.393 e. The van der Waals surface area contributed by atoms with Crippen LogP contribution in [0.25, 0.3) is 0 Å². The molecule has 0 aromatic heterocycles. The van der Waals surface area contributed by atoms with Crippen LogP contribution in [0, 0.1) is 17.1 Å². The molecule has 1 fully saturated rings. The van der Waals surface area contributed by atoms with Gasteiger partial charge in [0.15, 0.2) is 0 Å². The average Bonchev–Trinajstić information content (AvgIpc) is 2.76. The Morgan fingerprint density at radius 3 is 3.05 bits per heavy atom. The standard InChI is InChI=1S/C15H19FN2O/c1-11(19)7-15-3-2-6-18(15)10-13-8-14(16)5-4-12(13)9-17/h4-5,8,11,15,19H,2-3,6-7,10H2,1H3. The number of halogens is 1. The summed E-state index contributed by atoms with van der Waals surface area (Å²) >= 11 is 0. The Kier molecular flexibility index (Phi) is 4.52. The van der Waals surface area contributed by atoms with Gasteiger partial charge in [0.1, 0.15) is 5.82 Å². The summed E-state index contributed by atoms with van der Waals surface area (Å²) in [7, 11) is 0. The highest BCUT2D eigenvalue weighted by molar-refractivity contribution is 5.37. The van der Waals surface area contributed by atoms with Crippen molar-refractivity contribution in [3.8, 4) is 6.07 Å². The average molecular weight is 262 g/mol. The third-order valence-corrected chi connectivity index (χ3v) is 3.67. The van der Waals surface area contributed by atoms with E-state index < -0.39 is 0 Å². The Morgan fingerprint density at radius 1 is 1.58 bits per heavy atom. The summed E-state index contributed by atoms with van der Waals surface area (Å²) in [5.41, 5.74) is 1.27. The zero-order valence-corrected chi connectivity index (χ0v) is 11.1. The van der Waals surface area contributed by atoms with E-state index in [0.29, 0.717) is 18.2 Å². The lowest BCUT2D eigenvalue weighted by Gasteiger charge is -2.25. The zero-order chi connectivity index (χ0) is 13.8. The molecule has 1 aromatic carbocycles. The molecule has 0 aliphatic carbocycles. The minimum Gasteiger partial charge on any atom is -0.393 e. The van der Waals surface area contributed by atoms with Gasteiger partial charge in [0.05, 0.1) is 17.7 Å². The first-order valence-corrected chi connectivity index (χ1v) is 6.71. The van der Waals surface area contributed by atoms with Crippen LogP contribution in [0.15, 0.2) is 18.2 Å². The predicted molar refractivity (Wildman–Crippen MR) is 70.8 cm³/mol. The van der Waals surface area contributed by atoms with E-state index in [4.69, 9.17) is 5.26 Å². The van der Waals surface area contributed by atoms with E-state index in [2.05, 4.69) is 11.0 Å². The highest BCUT2D eigenvalue weighted by Gasteiger charge is 2.26. The molecular formula is C15H19FN2O. The van der Waals surface area contributed by atoms with Gasteiger partial charge in [-0.15, -0.1) is 0 Å². The van der Waals surface area contributed by atoms with E-state index in [1.54, 1.807) is 6.92 Å². The maximum Gasteiger partial charge on any atom is 0.123 e. The molecule has 0 spiro atoms. The highest BCUT2D eigenvalue weighted by Crippen LogP contribution is 2.24. The van der Waals surface area contributed by atoms with Crippen LogP contribution in [0.1, 0.15) is 37.3 Å². The summed E-state index contributed by atoms with van der Waals surface area (Å²) in [5.74, 6) is -0.305. The molecule has 0 radical (unpaired) electrons. The summed E-state index contributed by atoms with van der Waals surface area (Å²) < 4.78 is 13.3. The molecule has 1 aromatic rings. The van der Waals surface area contributed by atoms with E-state index in [9.17, 15) is 9.50 Å². The Morgan fingerprint density at radius 2 is 2.37 bits per heavy atom. The smallest absolute Gasteiger partial charge is 0.123 e. The van der Waals surface area contributed by atoms with E-state index in [1.807, 2.05) is 0 Å². The first-order valence-electron chi connectivity index (χ1n) is 6.71. The lowest BCUT2D eigenvalue weighted by molar-refractivity contribution is 0.130. The summed E-state index contributed by atoms with van der Waals surface area (Å²) in [6.45, 7) is 3.32. The first kappa shape index (κ1) is 14.0. The monoisotopic (exact) mass is 262 g/mol. The second kappa shape index (κ2) is 6.14. The lowest BCUT2D eigenvalue weighted by Crippen LogP contribution is -2.31. The summed E-state index contributed by atoms with van der Waals surface area (Å²) in [6.07, 6.45) is 2.56. The number of nitriles is 1. The maximum absolute atomic E-state index is 13.3. The molecule has 0 amide bonds. The van der Waals surface area contributed by atoms with E-state index in [1.165, 1.54) is 18.2 Å². The van der Waals surface area contributed by atoms with Crippen molar-refractivity contribution in [1.29, 1.82) is 5.26 Å². The summed E-state index contributed by atoms with van der Waals surface area (Å²) in [6, 6.07) is 6.73. The van der Waals surface area contributed by atoms with Crippen molar-refractivity contribution in [2.24, 2.45) is 0 Å². The van der Waals surface area contributed by atoms with Crippen molar-refractivity contribution in [3.05, 3.63) is 35.1 Å². The number of nitrogens with zero attached hydrogens (tertiary/aromatic N) is 2. The van der Waals surface area contributed by atoms with Crippen molar-refractivity contribution in [2.45, 2.75) is 44.9 Å². The summed E-state index contributed by atoms with van der Waals surface area (Å²) in [5, 5.41) is 18.6. The fourth-order valence-corrected chi connectivity index (χ4v) is 2.78. The van der Waals surface area contributed by atoms with E-state index in [0.717, 1.165) is 31.4 Å². The van der Waals surface area contributed by atoms with Crippen molar-refractivity contribution in [1.82, 2.24) is 4.90 Å². The van der Waals surface area contributed by atoms with Gasteiger partial charge < -0.3 is 5.11 Å². The molecule has 1 saturated heterocycles. The predicted octanol–water partition coefficient (Wildman–Crippen LogP) is 2.43. The minimum absolute atomic E-state index is 0.305. The Hall–Kier alpha value is -1.44. The number of rotatable bonds is 4. The van der Waals surface area contributed by atoms with Crippen molar-refractivity contribution in [3.63, 3.8) is 0 Å². The molecule has 1 N–H and O–H groups in total. The van der Waals surface area contributed by atoms with Crippen LogP contribution in [-0.2, 0) is 6.54 Å². The quantitative estimate of drug-likeness (QED) is 0.906. The maximum atomic E-state index is 13.3. The molecule has 2 rings (SSSR count). The second-order valence-electron chi connectivity index (χ2n) is 5.26. The lowest BCUT2D eigenvalue weighted by atomic mass is 10.1. The summed E-state index contributed by atoms with van der Waals surface area (Å²) in [4.78, 5) is 2.24. The Balaban J connectivity index is 2.12. The molecule has 4 heteroatoms. The molecule has 19 heavy (non-hydrogen) atoms. The Bertz CT molecular complexity index is 482. The fourth-order valence-electron chi connectivity index (χ4n) is 2.78. The van der Waals surface area contributed by atoms with Gasteiger partial charge in [-0.3, -0.25) is 4.90 Å². The molecule has 1 aliphatic heterocycles. The van der Waals surface area contributed by atoms with Gasteiger partial charge in [0.25, 0.3) is 0 Å². The van der Waals surface area contributed by atoms with E-state index >= 15 is 0 Å². The van der Waals surface area contributed by atoms with E-state index in [-0.39, 0.29) is 11.9 Å². The second-order valence-corrected chi connectivity index (χ2v) is 5.26. The Labute approximate surface area is 113 Å². The number of aliphatic hydroxyl groups is 1. The van der Waals surface area contributed by atoms with Crippen molar-refractivity contribution < 1.29 is 9.50 Å². The third-order valence-electron chi connectivity index (χ3n) is 3.67. The van der Waals surface area contributed by atoms with Crippen molar-refractivity contribution in [2.75, 3.05) is 6.54 Å². The van der Waals surface area contributed by atoms with Gasteiger partial charge >= 0.3 is 0 Å². The molecule has 1 aliphatic rings. The molecule has 3 nitrogen and oxygen atoms in total. The van der Waals surface area contributed by atoms with Crippen LogP contribution in [0.2, 0.25) is 0 Å². The van der Waals surface area contributed by atoms with Gasteiger partial charge in [-0.2, -0.15) is 5.26 Å². The fraction of sp³-hybridized carbons (Fsp3) is 0.533. The number of hydrogen-bond donors (Lipinski definition) is 1. The normalized spacial score (nSPS) is 21.3. The van der Waals surface area contributed by atoms with Crippen molar-refractivity contribution >= 4 is 0 Å². The molecular weight excluding hydrogens is 243 g/mol. The van der Waals surface area contributed by atoms with Crippen LogP contribution < -0.4 is 0 Å². The van der Waals surface area contributed by atoms with Gasteiger partial charge in [-0.1, -0.05) is 0 Å². The van der Waals surface area contributed by atoms with Crippen LogP contribution in [0.5, 0.6) is 0 Å². The highest BCUT2D eigenvalue weighted by atomic mass is 19.1. The third kappa shape index (κ3) is 3.52. The van der Waals surface area contributed by atoms with Gasteiger partial charge in [-0.05, 0) is 56.5 Å². The molecule has 0 bridgehead atoms. The number of aliphatic hydroxyl groups excluding tert-OH is 1. The first-order chi connectivity index (χ1) is 9.10. The van der Waals surface area contributed by atoms with Gasteiger partial charge in [-0.25, -0.2) is 4.39 Å². The topological polar surface area (TPSA) is 47.3 Å². The number of hydrogen-bond acceptors (Lipinski definition) is 3. The van der Waals surface area contributed by atoms with Crippen LogP contribution in [0.3, 0.4) is 0 Å². The molecule has 0 saturated carbocycles. The van der Waals surface area contributed by atoms with Crippen LogP contribution >= 0.6 is 0 Å². The zero-order valence-electron chi connectivity index (χ0n) is 11.1. The number of likely N-dealkylation sites (tertiary alicyclic amines) is 1. The molecule has 102 valence electrons. The van der Waals surface area contributed by atoms with Gasteiger partial charge in [0.2, 0.25) is 0 Å². The SMILES string of the molecule is CC(O)CC1CCCN1Cc1cc(F)ccc1C#N. The number of benzene rings is 1. The molecule has 2 unspecified atom stereocenters. The van der Waals surface area contributed by atoms with Crippen LogP contribution in [-0.4, -0.2) is 28.7 Å². The van der Waals surface area contributed by atoms with Gasteiger partial charge in [0, 0.05) is 12.6 Å². The molecule has 2 atom stereocenters. The van der Waals surface area contributed by atoms with Crippen LogP contribution in [0.4, 0.5) is 4.39 Å². The molecule has 1 heterocycles. The minimum atomic E-state index is -0.325.